The van der Waals surface area contributed by atoms with E-state index in [2.05, 4.69) is 10.1 Å². The first-order valence-corrected chi connectivity index (χ1v) is 11.2. The summed E-state index contributed by atoms with van der Waals surface area (Å²) in [5, 5.41) is 16.7. The third-order valence-corrected chi connectivity index (χ3v) is 6.38. The number of amides is 1. The molecule has 1 aliphatic rings. The number of nitro groups is 1. The lowest BCUT2D eigenvalue weighted by atomic mass is 9.91. The van der Waals surface area contributed by atoms with Gasteiger partial charge in [0.25, 0.3) is 11.6 Å². The van der Waals surface area contributed by atoms with Gasteiger partial charge in [0.15, 0.2) is 0 Å². The first-order valence-electron chi connectivity index (χ1n) is 10.8. The predicted molar refractivity (Wildman–Crippen MR) is 130 cm³/mol. The Bertz CT molecular complexity index is 1410. The molecule has 0 bridgehead atoms. The number of rotatable bonds is 5. The molecule has 1 aromatic heterocycles. The topological polar surface area (TPSA) is 103 Å². The summed E-state index contributed by atoms with van der Waals surface area (Å²) in [6.45, 7) is 0. The molecular formula is C25H20ClN5O4. The monoisotopic (exact) mass is 489 g/mol. The Balaban J connectivity index is 1.69. The maximum atomic E-state index is 13.9. The highest BCUT2D eigenvalue weighted by atomic mass is 35.5. The number of carbonyl (C=O) groups is 1. The second-order valence-electron chi connectivity index (χ2n) is 8.01. The van der Waals surface area contributed by atoms with Crippen LogP contribution in [0, 0.1) is 10.1 Å². The van der Waals surface area contributed by atoms with E-state index < -0.39 is 16.9 Å². The van der Waals surface area contributed by atoms with Crippen molar-refractivity contribution in [1.82, 2.24) is 14.8 Å². The third-order valence-electron chi connectivity index (χ3n) is 6.13. The Kier molecular flexibility index (Phi) is 5.92. The zero-order chi connectivity index (χ0) is 24.5. The lowest BCUT2D eigenvalue weighted by Gasteiger charge is -2.39. The number of halogens is 1. The molecule has 9 nitrogen and oxygen atoms in total. The van der Waals surface area contributed by atoms with Gasteiger partial charge in [-0.05, 0) is 36.2 Å². The zero-order valence-electron chi connectivity index (χ0n) is 18.6. The molecule has 0 saturated carbocycles. The number of methoxy groups -OCH3 is 1. The van der Waals surface area contributed by atoms with Gasteiger partial charge in [0, 0.05) is 16.7 Å². The van der Waals surface area contributed by atoms with Gasteiger partial charge in [0.2, 0.25) is 5.95 Å². The van der Waals surface area contributed by atoms with Crippen LogP contribution in [0.15, 0.2) is 79.1 Å². The molecule has 1 amide bonds. The van der Waals surface area contributed by atoms with E-state index in [1.165, 1.54) is 29.4 Å². The van der Waals surface area contributed by atoms with Crippen LogP contribution in [0.4, 0.5) is 11.6 Å². The van der Waals surface area contributed by atoms with E-state index in [0.717, 1.165) is 11.1 Å². The number of carbonyl (C=O) groups excluding carboxylic acids is 1. The molecule has 5 rings (SSSR count). The minimum atomic E-state index is -0.559. The molecule has 1 aliphatic heterocycles. The lowest BCUT2D eigenvalue weighted by Crippen LogP contribution is -2.43. The average Bonchev–Trinajstić information content (AvgIpc) is 3.37. The summed E-state index contributed by atoms with van der Waals surface area (Å²) in [7, 11) is 1.60. The fraction of sp³-hybridized carbons (Fsp3) is 0.160. The fourth-order valence-electron chi connectivity index (χ4n) is 4.54. The summed E-state index contributed by atoms with van der Waals surface area (Å²) < 4.78 is 7.26. The fourth-order valence-corrected chi connectivity index (χ4v) is 4.66. The van der Waals surface area contributed by atoms with Gasteiger partial charge in [-0.2, -0.15) is 10.1 Å². The standard InChI is InChI=1S/C25H20ClN5O4/c1-35-23-9-5-3-6-18(23)22-14-21(16-10-12-17(26)13-11-16)29(25-27-15-28-30(22)25)24(32)19-7-2-4-8-20(19)31(33)34/h2-13,15,21-22H,14H2,1H3. The predicted octanol–water partition coefficient (Wildman–Crippen LogP) is 5.23. The number of hydrogen-bond acceptors (Lipinski definition) is 6. The highest BCUT2D eigenvalue weighted by Crippen LogP contribution is 2.45. The second kappa shape index (κ2) is 9.19. The average molecular weight is 490 g/mol. The van der Waals surface area contributed by atoms with E-state index in [0.29, 0.717) is 17.2 Å². The number of fused-ring (bicyclic) bond motifs is 1. The summed E-state index contributed by atoms with van der Waals surface area (Å²) in [4.78, 5) is 30.9. The highest BCUT2D eigenvalue weighted by molar-refractivity contribution is 6.30. The van der Waals surface area contributed by atoms with Gasteiger partial charge in [-0.25, -0.2) is 4.68 Å². The molecule has 2 atom stereocenters. The Morgan fingerprint density at radius 1 is 1.06 bits per heavy atom. The normalized spacial score (nSPS) is 17.0. The number of ether oxygens (including phenoxy) is 1. The van der Waals surface area contributed by atoms with E-state index in [-0.39, 0.29) is 23.2 Å². The van der Waals surface area contributed by atoms with Crippen LogP contribution in [0.25, 0.3) is 0 Å². The van der Waals surface area contributed by atoms with Crippen molar-refractivity contribution in [1.29, 1.82) is 0 Å². The second-order valence-corrected chi connectivity index (χ2v) is 8.45. The van der Waals surface area contributed by atoms with Crippen LogP contribution in [0.5, 0.6) is 5.75 Å². The molecule has 0 spiro atoms. The Labute approximate surface area is 205 Å². The first kappa shape index (κ1) is 22.5. The molecule has 3 aromatic carbocycles. The van der Waals surface area contributed by atoms with Gasteiger partial charge in [-0.3, -0.25) is 19.8 Å². The van der Waals surface area contributed by atoms with Crippen molar-refractivity contribution in [2.45, 2.75) is 18.5 Å². The SMILES string of the molecule is COc1ccccc1C1CC(c2ccc(Cl)cc2)N(C(=O)c2ccccc2[N+](=O)[O-])c2ncnn21. The summed E-state index contributed by atoms with van der Waals surface area (Å²) in [6.07, 6.45) is 1.81. The molecule has 0 fully saturated rings. The largest absolute Gasteiger partial charge is 0.496 e. The molecule has 0 N–H and O–H groups in total. The van der Waals surface area contributed by atoms with Crippen molar-refractivity contribution >= 4 is 29.1 Å². The first-order chi connectivity index (χ1) is 17.0. The smallest absolute Gasteiger partial charge is 0.282 e. The minimum Gasteiger partial charge on any atom is -0.496 e. The van der Waals surface area contributed by atoms with E-state index in [9.17, 15) is 14.9 Å². The van der Waals surface area contributed by atoms with Crippen molar-refractivity contribution in [3.63, 3.8) is 0 Å². The highest BCUT2D eigenvalue weighted by Gasteiger charge is 2.41. The number of hydrogen-bond donors (Lipinski definition) is 0. The molecule has 35 heavy (non-hydrogen) atoms. The maximum Gasteiger partial charge on any atom is 0.282 e. The molecule has 0 saturated heterocycles. The van der Waals surface area contributed by atoms with Crippen LogP contribution >= 0.6 is 11.6 Å². The summed E-state index contributed by atoms with van der Waals surface area (Å²) in [5.74, 6) is 0.438. The maximum absolute atomic E-state index is 13.9. The van der Waals surface area contributed by atoms with Crippen molar-refractivity contribution < 1.29 is 14.5 Å². The summed E-state index contributed by atoms with van der Waals surface area (Å²) in [5.41, 5.74) is 1.40. The number of nitrogens with zero attached hydrogens (tertiary/aromatic N) is 5. The molecule has 0 radical (unpaired) electrons. The van der Waals surface area contributed by atoms with Crippen molar-refractivity contribution in [2.24, 2.45) is 0 Å². The van der Waals surface area contributed by atoms with Crippen molar-refractivity contribution in [2.75, 3.05) is 12.0 Å². The van der Waals surface area contributed by atoms with Crippen LogP contribution in [-0.2, 0) is 0 Å². The Morgan fingerprint density at radius 2 is 1.77 bits per heavy atom. The number of nitro benzene ring substituents is 1. The number of aromatic nitrogens is 3. The van der Waals surface area contributed by atoms with Crippen LogP contribution in [0.1, 0.15) is 40.0 Å². The van der Waals surface area contributed by atoms with E-state index in [4.69, 9.17) is 16.3 Å². The quantitative estimate of drug-likeness (QED) is 0.281. The number of para-hydroxylation sites is 2. The lowest BCUT2D eigenvalue weighted by molar-refractivity contribution is -0.385. The molecular weight excluding hydrogens is 470 g/mol. The molecule has 4 aromatic rings. The van der Waals surface area contributed by atoms with Crippen LogP contribution in [-0.4, -0.2) is 32.7 Å². The van der Waals surface area contributed by atoms with Crippen molar-refractivity contribution in [3.05, 3.63) is 111 Å². The zero-order valence-corrected chi connectivity index (χ0v) is 19.4. The molecule has 2 unspecified atom stereocenters. The van der Waals surface area contributed by atoms with Gasteiger partial charge < -0.3 is 4.74 Å². The van der Waals surface area contributed by atoms with E-state index in [1.807, 2.05) is 36.4 Å². The molecule has 2 heterocycles. The number of anilines is 1. The third kappa shape index (κ3) is 4.00. The van der Waals surface area contributed by atoms with E-state index in [1.54, 1.807) is 30.0 Å². The van der Waals surface area contributed by atoms with E-state index >= 15 is 0 Å². The van der Waals surface area contributed by atoms with Crippen LogP contribution in [0.2, 0.25) is 5.02 Å². The molecule has 10 heteroatoms. The summed E-state index contributed by atoms with van der Waals surface area (Å²) in [6, 6.07) is 19.9. The van der Waals surface area contributed by atoms with Gasteiger partial charge >= 0.3 is 0 Å². The van der Waals surface area contributed by atoms with Crippen molar-refractivity contribution in [3.8, 4) is 5.75 Å². The molecule has 0 aliphatic carbocycles. The van der Waals surface area contributed by atoms with Crippen LogP contribution in [0.3, 0.4) is 0 Å². The van der Waals surface area contributed by atoms with Crippen LogP contribution < -0.4 is 9.64 Å². The van der Waals surface area contributed by atoms with Gasteiger partial charge in [-0.1, -0.05) is 54.1 Å². The minimum absolute atomic E-state index is 0.0262. The van der Waals surface area contributed by atoms with Gasteiger partial charge in [0.1, 0.15) is 17.6 Å². The summed E-state index contributed by atoms with van der Waals surface area (Å²) >= 11 is 6.13. The number of benzene rings is 3. The molecule has 176 valence electrons. The Morgan fingerprint density at radius 3 is 2.51 bits per heavy atom. The Hall–Kier alpha value is -4.24. The van der Waals surface area contributed by atoms with Gasteiger partial charge in [-0.15, -0.1) is 0 Å². The van der Waals surface area contributed by atoms with Gasteiger partial charge in [0.05, 0.1) is 24.1 Å².